The predicted molar refractivity (Wildman–Crippen MR) is 106 cm³/mol. The van der Waals surface area contributed by atoms with Crippen LogP contribution in [0.25, 0.3) is 0 Å². The van der Waals surface area contributed by atoms with E-state index in [0.717, 1.165) is 19.3 Å². The number of benzene rings is 1. The van der Waals surface area contributed by atoms with E-state index in [-0.39, 0.29) is 35.6 Å². The number of carbonyl (C=O) groups excluding carboxylic acids is 1. The lowest BCUT2D eigenvalue weighted by Gasteiger charge is -2.59. The molecule has 1 heterocycles. The predicted octanol–water partition coefficient (Wildman–Crippen LogP) is 3.01. The molecule has 5 aliphatic rings. The van der Waals surface area contributed by atoms with Crippen LogP contribution in [0.15, 0.2) is 18.2 Å². The summed E-state index contributed by atoms with van der Waals surface area (Å²) in [4.78, 5) is 13.0. The average molecular weight is 452 g/mol. The first-order valence-corrected chi connectivity index (χ1v) is 10.9. The first kappa shape index (κ1) is 18.6. The van der Waals surface area contributed by atoms with Crippen molar-refractivity contribution in [2.45, 2.75) is 49.0 Å². The van der Waals surface area contributed by atoms with E-state index in [4.69, 9.17) is 14.2 Å². The Balaban J connectivity index is 1.14. The van der Waals surface area contributed by atoms with Crippen molar-refractivity contribution in [1.82, 2.24) is 5.32 Å². The molecule has 0 aromatic heterocycles. The number of rotatable bonds is 6. The second-order valence-corrected chi connectivity index (χ2v) is 10.8. The van der Waals surface area contributed by atoms with E-state index < -0.39 is 6.10 Å². The van der Waals surface area contributed by atoms with E-state index in [1.54, 1.807) is 18.2 Å². The molecule has 3 atom stereocenters. The lowest BCUT2D eigenvalue weighted by atomic mass is 9.49. The molecule has 3 unspecified atom stereocenters. The third kappa shape index (κ3) is 3.36. The van der Waals surface area contributed by atoms with Gasteiger partial charge in [0.15, 0.2) is 11.5 Å². The molecular weight excluding hydrogens is 426 g/mol. The summed E-state index contributed by atoms with van der Waals surface area (Å²) < 4.78 is 16.4. The van der Waals surface area contributed by atoms with E-state index >= 15 is 0 Å². The number of nitrogens with one attached hydrogen (secondary N) is 1. The summed E-state index contributed by atoms with van der Waals surface area (Å²) in [5.74, 6) is 3.37. The molecule has 2 N–H and O–H groups in total. The maximum absolute atomic E-state index is 13.0. The zero-order chi connectivity index (χ0) is 19.4. The van der Waals surface area contributed by atoms with Crippen molar-refractivity contribution >= 4 is 21.8 Å². The van der Waals surface area contributed by atoms with Crippen molar-refractivity contribution in [1.29, 1.82) is 0 Å². The first-order valence-electron chi connectivity index (χ1n) is 10.1. The van der Waals surface area contributed by atoms with Crippen LogP contribution in [0.4, 0.5) is 0 Å². The lowest BCUT2D eigenvalue weighted by Crippen LogP contribution is -2.58. The quantitative estimate of drug-likeness (QED) is 0.650. The number of hydrogen-bond donors (Lipinski definition) is 2. The molecular formula is C21H26BrNO5. The van der Waals surface area contributed by atoms with Crippen LogP contribution < -0.4 is 19.5 Å². The Hall–Kier alpha value is -1.47. The highest BCUT2D eigenvalue weighted by Gasteiger charge is 2.59. The fourth-order valence-electron chi connectivity index (χ4n) is 6.03. The minimum atomic E-state index is -0.763. The van der Waals surface area contributed by atoms with Gasteiger partial charge in [-0.15, -0.1) is 0 Å². The van der Waals surface area contributed by atoms with Gasteiger partial charge in [0.25, 0.3) is 0 Å². The van der Waals surface area contributed by atoms with Gasteiger partial charge in [0, 0.05) is 16.9 Å². The molecule has 6 rings (SSSR count). The monoisotopic (exact) mass is 451 g/mol. The summed E-state index contributed by atoms with van der Waals surface area (Å²) in [5.41, 5.74) is -0.258. The minimum absolute atomic E-state index is 0.104. The number of fused-ring (bicyclic) bond motifs is 1. The first-order chi connectivity index (χ1) is 13.4. The van der Waals surface area contributed by atoms with Gasteiger partial charge < -0.3 is 24.6 Å². The third-order valence-corrected chi connectivity index (χ3v) is 7.68. The van der Waals surface area contributed by atoms with E-state index in [9.17, 15) is 9.90 Å². The van der Waals surface area contributed by atoms with Crippen molar-refractivity contribution in [3.63, 3.8) is 0 Å². The topological polar surface area (TPSA) is 77.0 Å². The molecule has 1 aromatic carbocycles. The number of amides is 1. The van der Waals surface area contributed by atoms with Gasteiger partial charge in [0.05, 0.1) is 5.41 Å². The van der Waals surface area contributed by atoms with Crippen molar-refractivity contribution < 1.29 is 24.1 Å². The zero-order valence-corrected chi connectivity index (χ0v) is 17.4. The molecule has 0 radical (unpaired) electrons. The number of halogens is 1. The molecule has 28 heavy (non-hydrogen) atoms. The zero-order valence-electron chi connectivity index (χ0n) is 15.8. The summed E-state index contributed by atoms with van der Waals surface area (Å²) in [6.07, 6.45) is 5.81. The molecule has 0 spiro atoms. The maximum atomic E-state index is 13.0. The van der Waals surface area contributed by atoms with E-state index in [1.807, 2.05) is 0 Å². The summed E-state index contributed by atoms with van der Waals surface area (Å²) in [7, 11) is 0. The molecule has 1 aromatic rings. The molecule has 0 saturated heterocycles. The summed E-state index contributed by atoms with van der Waals surface area (Å²) >= 11 is 3.94. The highest BCUT2D eigenvalue weighted by atomic mass is 79.9. The molecule has 152 valence electrons. The van der Waals surface area contributed by atoms with Crippen LogP contribution in [0.2, 0.25) is 0 Å². The van der Waals surface area contributed by atoms with Gasteiger partial charge >= 0.3 is 0 Å². The number of aliphatic hydroxyl groups excluding tert-OH is 1. The molecule has 7 heteroatoms. The van der Waals surface area contributed by atoms with Crippen LogP contribution in [0.3, 0.4) is 0 Å². The normalized spacial score (nSPS) is 35.6. The summed E-state index contributed by atoms with van der Waals surface area (Å²) in [5, 5.41) is 13.3. The molecule has 6 nitrogen and oxygen atoms in total. The Morgan fingerprint density at radius 2 is 2.00 bits per heavy atom. The second kappa shape index (κ2) is 6.80. The number of aliphatic hydroxyl groups is 1. The van der Waals surface area contributed by atoms with Gasteiger partial charge in [0.2, 0.25) is 12.7 Å². The highest BCUT2D eigenvalue weighted by Crippen LogP contribution is 2.64. The largest absolute Gasteiger partial charge is 0.491 e. The lowest BCUT2D eigenvalue weighted by molar-refractivity contribution is -0.144. The minimum Gasteiger partial charge on any atom is -0.491 e. The number of hydrogen-bond acceptors (Lipinski definition) is 5. The molecule has 1 amide bonds. The van der Waals surface area contributed by atoms with Crippen LogP contribution in [-0.2, 0) is 4.79 Å². The van der Waals surface area contributed by atoms with E-state index in [2.05, 4.69) is 21.2 Å². The average Bonchev–Trinajstić information content (AvgIpc) is 3.10. The number of alkyl halides is 1. The fourth-order valence-corrected chi connectivity index (χ4v) is 7.48. The molecule has 4 saturated carbocycles. The smallest absolute Gasteiger partial charge is 0.231 e. The van der Waals surface area contributed by atoms with Gasteiger partial charge in [0.1, 0.15) is 18.5 Å². The van der Waals surface area contributed by atoms with Gasteiger partial charge in [-0.05, 0) is 62.5 Å². The van der Waals surface area contributed by atoms with Crippen LogP contribution in [0, 0.1) is 17.3 Å². The standard InChI is InChI=1S/C21H26BrNO5/c22-21-7-13-3-14(8-21)6-20(5-13,11-21)19(25)23-9-15(24)10-26-16-1-2-17-18(4-16)28-12-27-17/h1-2,4,13-15,24H,3,5-12H2,(H,23,25). The van der Waals surface area contributed by atoms with Crippen molar-refractivity contribution in [2.75, 3.05) is 19.9 Å². The van der Waals surface area contributed by atoms with Gasteiger partial charge in [-0.25, -0.2) is 0 Å². The third-order valence-electron chi connectivity index (χ3n) is 6.76. The van der Waals surface area contributed by atoms with Crippen molar-refractivity contribution in [2.24, 2.45) is 17.3 Å². The van der Waals surface area contributed by atoms with E-state index in [0.29, 0.717) is 29.1 Å². The Morgan fingerprint density at radius 1 is 1.25 bits per heavy atom. The number of ether oxygens (including phenoxy) is 3. The number of carbonyl (C=O) groups is 1. The van der Waals surface area contributed by atoms with Gasteiger partial charge in [-0.3, -0.25) is 4.79 Å². The van der Waals surface area contributed by atoms with E-state index in [1.165, 1.54) is 19.3 Å². The Bertz CT molecular complexity index is 770. The summed E-state index contributed by atoms with van der Waals surface area (Å²) in [6.45, 7) is 0.531. The molecule has 1 aliphatic heterocycles. The van der Waals surface area contributed by atoms with Crippen LogP contribution in [0.5, 0.6) is 17.2 Å². The summed E-state index contributed by atoms with van der Waals surface area (Å²) in [6, 6.07) is 5.32. The van der Waals surface area contributed by atoms with Crippen LogP contribution in [-0.4, -0.2) is 41.4 Å². The molecule has 4 fully saturated rings. The van der Waals surface area contributed by atoms with Gasteiger partial charge in [-0.2, -0.15) is 0 Å². The Morgan fingerprint density at radius 3 is 2.75 bits per heavy atom. The maximum Gasteiger partial charge on any atom is 0.231 e. The molecule has 4 aliphatic carbocycles. The van der Waals surface area contributed by atoms with Crippen molar-refractivity contribution in [3.05, 3.63) is 18.2 Å². The van der Waals surface area contributed by atoms with Crippen LogP contribution in [0.1, 0.15) is 38.5 Å². The van der Waals surface area contributed by atoms with Crippen molar-refractivity contribution in [3.8, 4) is 17.2 Å². The highest BCUT2D eigenvalue weighted by molar-refractivity contribution is 9.10. The van der Waals surface area contributed by atoms with Crippen LogP contribution >= 0.6 is 15.9 Å². The second-order valence-electron chi connectivity index (χ2n) is 9.08. The fraction of sp³-hybridized carbons (Fsp3) is 0.667. The Labute approximate surface area is 173 Å². The SMILES string of the molecule is O=C(NCC(O)COc1ccc2c(c1)OCO2)C12CC3CC(CC(Br)(C3)C1)C2. The molecule has 4 bridgehead atoms. The Kier molecular flexibility index (Phi) is 4.51. The van der Waals surface area contributed by atoms with Gasteiger partial charge in [-0.1, -0.05) is 15.9 Å².